The van der Waals surface area contributed by atoms with Gasteiger partial charge in [0.25, 0.3) is 0 Å². The summed E-state index contributed by atoms with van der Waals surface area (Å²) in [4.78, 5) is 13.5. The van der Waals surface area contributed by atoms with Crippen molar-refractivity contribution in [1.82, 2.24) is 14.9 Å². The highest BCUT2D eigenvalue weighted by molar-refractivity contribution is 5.47. The molecule has 0 saturated carbocycles. The molecular weight excluding hydrogens is 286 g/mol. The third-order valence-corrected chi connectivity index (χ3v) is 4.28. The van der Waals surface area contributed by atoms with Gasteiger partial charge in [0.15, 0.2) is 0 Å². The quantitative estimate of drug-likeness (QED) is 0.918. The molecule has 23 heavy (non-hydrogen) atoms. The van der Waals surface area contributed by atoms with E-state index < -0.39 is 0 Å². The molecule has 2 heterocycles. The van der Waals surface area contributed by atoms with E-state index in [0.717, 1.165) is 31.9 Å². The number of likely N-dealkylation sites (N-methyl/N-ethyl adjacent to an activating group) is 1. The zero-order chi connectivity index (χ0) is 16.2. The molecule has 122 valence electrons. The molecule has 1 aromatic heterocycles. The van der Waals surface area contributed by atoms with Gasteiger partial charge in [-0.3, -0.25) is 0 Å². The van der Waals surface area contributed by atoms with Crippen molar-refractivity contribution in [2.45, 2.75) is 25.9 Å². The van der Waals surface area contributed by atoms with Crippen molar-refractivity contribution in [3.63, 3.8) is 0 Å². The third kappa shape index (κ3) is 3.79. The first-order valence-electron chi connectivity index (χ1n) is 8.18. The Hall–Kier alpha value is -2.14. The Morgan fingerprint density at radius 3 is 2.78 bits per heavy atom. The second-order valence-electron chi connectivity index (χ2n) is 6.42. The lowest BCUT2D eigenvalue weighted by Gasteiger charge is -2.35. The second kappa shape index (κ2) is 6.96. The molecule has 5 heteroatoms. The van der Waals surface area contributed by atoms with Crippen molar-refractivity contribution in [1.29, 1.82) is 0 Å². The van der Waals surface area contributed by atoms with Gasteiger partial charge >= 0.3 is 0 Å². The highest BCUT2D eigenvalue weighted by Crippen LogP contribution is 2.27. The summed E-state index contributed by atoms with van der Waals surface area (Å²) in [5.41, 5.74) is 2.85. The normalized spacial score (nSPS) is 17.2. The number of fused-ring (bicyclic) bond motifs is 1. The van der Waals surface area contributed by atoms with Crippen molar-refractivity contribution in [3.8, 4) is 0 Å². The maximum absolute atomic E-state index is 4.70. The highest BCUT2D eigenvalue weighted by Gasteiger charge is 2.23. The lowest BCUT2D eigenvalue weighted by molar-refractivity contribution is 0.425. The molecule has 5 nitrogen and oxygen atoms in total. The summed E-state index contributed by atoms with van der Waals surface area (Å²) in [7, 11) is 4.12. The standard InChI is InChI=1S/C18H25N5/c1-14-12-15-6-4-5-7-16(15)13-23(14)17-8-9-19-18(21-17)20-10-11-22(2)3/h4-9,14H,10-13H2,1-3H3,(H,19,20,21)/t14-/m0/s1. The van der Waals surface area contributed by atoms with Gasteiger partial charge in [-0.25, -0.2) is 4.98 Å². The van der Waals surface area contributed by atoms with Crippen LogP contribution in [0, 0.1) is 0 Å². The highest BCUT2D eigenvalue weighted by atomic mass is 15.2. The first kappa shape index (κ1) is 15.7. The van der Waals surface area contributed by atoms with Crippen LogP contribution >= 0.6 is 0 Å². The summed E-state index contributed by atoms with van der Waals surface area (Å²) in [6.45, 7) is 4.97. The minimum Gasteiger partial charge on any atom is -0.353 e. The first-order valence-corrected chi connectivity index (χ1v) is 8.18. The van der Waals surface area contributed by atoms with Crippen molar-refractivity contribution in [2.75, 3.05) is 37.4 Å². The van der Waals surface area contributed by atoms with E-state index in [1.807, 2.05) is 12.3 Å². The second-order valence-corrected chi connectivity index (χ2v) is 6.42. The molecule has 0 amide bonds. The Balaban J connectivity index is 1.74. The maximum atomic E-state index is 4.70. The van der Waals surface area contributed by atoms with E-state index in [0.29, 0.717) is 12.0 Å². The summed E-state index contributed by atoms with van der Waals surface area (Å²) in [6, 6.07) is 11.1. The molecule has 0 spiro atoms. The summed E-state index contributed by atoms with van der Waals surface area (Å²) in [5.74, 6) is 1.70. The van der Waals surface area contributed by atoms with Crippen LogP contribution in [0.2, 0.25) is 0 Å². The molecule has 3 rings (SSSR count). The van der Waals surface area contributed by atoms with Crippen LogP contribution in [0.4, 0.5) is 11.8 Å². The fourth-order valence-corrected chi connectivity index (χ4v) is 2.97. The summed E-state index contributed by atoms with van der Waals surface area (Å²) in [6.07, 6.45) is 2.90. The monoisotopic (exact) mass is 311 g/mol. The van der Waals surface area contributed by atoms with Crippen molar-refractivity contribution in [3.05, 3.63) is 47.7 Å². The van der Waals surface area contributed by atoms with Gasteiger partial charge in [0.2, 0.25) is 5.95 Å². The number of hydrogen-bond acceptors (Lipinski definition) is 5. The molecule has 1 aromatic carbocycles. The first-order chi connectivity index (χ1) is 11.1. The van der Waals surface area contributed by atoms with Crippen molar-refractivity contribution < 1.29 is 0 Å². The average Bonchev–Trinajstić information content (AvgIpc) is 2.54. The number of rotatable bonds is 5. The van der Waals surface area contributed by atoms with Crippen LogP contribution in [-0.4, -0.2) is 48.1 Å². The van der Waals surface area contributed by atoms with Gasteiger partial charge in [0.1, 0.15) is 5.82 Å². The van der Waals surface area contributed by atoms with Gasteiger partial charge in [-0.15, -0.1) is 0 Å². The van der Waals surface area contributed by atoms with Crippen molar-refractivity contribution >= 4 is 11.8 Å². The van der Waals surface area contributed by atoms with Crippen molar-refractivity contribution in [2.24, 2.45) is 0 Å². The predicted molar refractivity (Wildman–Crippen MR) is 94.9 cm³/mol. The van der Waals surface area contributed by atoms with Crippen LogP contribution in [0.5, 0.6) is 0 Å². The Labute approximate surface area is 138 Å². The van der Waals surface area contributed by atoms with E-state index in [1.54, 1.807) is 0 Å². The fraction of sp³-hybridized carbons (Fsp3) is 0.444. The molecule has 0 aliphatic carbocycles. The zero-order valence-electron chi connectivity index (χ0n) is 14.2. The average molecular weight is 311 g/mol. The van der Waals surface area contributed by atoms with E-state index >= 15 is 0 Å². The zero-order valence-corrected chi connectivity index (χ0v) is 14.2. The van der Waals surface area contributed by atoms with Gasteiger partial charge in [0, 0.05) is 31.9 Å². The van der Waals surface area contributed by atoms with Crippen LogP contribution in [0.25, 0.3) is 0 Å². The lowest BCUT2D eigenvalue weighted by atomic mass is 9.95. The molecule has 0 bridgehead atoms. The van der Waals surface area contributed by atoms with Gasteiger partial charge < -0.3 is 15.1 Å². The summed E-state index contributed by atoms with van der Waals surface area (Å²) < 4.78 is 0. The number of benzene rings is 1. The molecular formula is C18H25N5. The molecule has 0 unspecified atom stereocenters. The topological polar surface area (TPSA) is 44.3 Å². The number of nitrogens with one attached hydrogen (secondary N) is 1. The largest absolute Gasteiger partial charge is 0.353 e. The molecule has 0 saturated heterocycles. The number of aromatic nitrogens is 2. The van der Waals surface area contributed by atoms with Crippen LogP contribution < -0.4 is 10.2 Å². The Kier molecular flexibility index (Phi) is 4.76. The van der Waals surface area contributed by atoms with Gasteiger partial charge in [-0.2, -0.15) is 4.98 Å². The number of hydrogen-bond donors (Lipinski definition) is 1. The van der Waals surface area contributed by atoms with Crippen LogP contribution in [0.1, 0.15) is 18.1 Å². The Bertz CT molecular complexity index is 655. The molecule has 1 N–H and O–H groups in total. The number of anilines is 2. The molecule has 1 atom stereocenters. The van der Waals surface area contributed by atoms with E-state index in [9.17, 15) is 0 Å². The predicted octanol–water partition coefficient (Wildman–Crippen LogP) is 2.40. The third-order valence-electron chi connectivity index (χ3n) is 4.28. The molecule has 1 aliphatic rings. The number of nitrogens with zero attached hydrogens (tertiary/aromatic N) is 4. The summed E-state index contributed by atoms with van der Waals surface area (Å²) in [5, 5.41) is 3.30. The minimum absolute atomic E-state index is 0.439. The Morgan fingerprint density at radius 2 is 2.00 bits per heavy atom. The molecule has 0 radical (unpaired) electrons. The fourth-order valence-electron chi connectivity index (χ4n) is 2.97. The summed E-state index contributed by atoms with van der Waals surface area (Å²) >= 11 is 0. The van der Waals surface area contributed by atoms with Gasteiger partial charge in [-0.1, -0.05) is 24.3 Å². The van der Waals surface area contributed by atoms with E-state index in [-0.39, 0.29) is 0 Å². The smallest absolute Gasteiger partial charge is 0.224 e. The minimum atomic E-state index is 0.439. The van der Waals surface area contributed by atoms with Crippen LogP contribution in [-0.2, 0) is 13.0 Å². The van der Waals surface area contributed by atoms with Gasteiger partial charge in [-0.05, 0) is 44.6 Å². The Morgan fingerprint density at radius 1 is 1.22 bits per heavy atom. The van der Waals surface area contributed by atoms with Crippen LogP contribution in [0.15, 0.2) is 36.5 Å². The molecule has 1 aliphatic heterocycles. The van der Waals surface area contributed by atoms with E-state index in [2.05, 4.69) is 65.4 Å². The van der Waals surface area contributed by atoms with E-state index in [4.69, 9.17) is 4.98 Å². The molecule has 0 fully saturated rings. The van der Waals surface area contributed by atoms with Gasteiger partial charge in [0.05, 0.1) is 0 Å². The SMILES string of the molecule is C[C@H]1Cc2ccccc2CN1c1ccnc(NCCN(C)C)n1. The molecule has 2 aromatic rings. The van der Waals surface area contributed by atoms with E-state index in [1.165, 1.54) is 11.1 Å². The lowest BCUT2D eigenvalue weighted by Crippen LogP contribution is -2.39. The maximum Gasteiger partial charge on any atom is 0.224 e. The van der Waals surface area contributed by atoms with Crippen LogP contribution in [0.3, 0.4) is 0 Å².